The predicted octanol–water partition coefficient (Wildman–Crippen LogP) is -3.37. The molecular weight excluding hydrogens is 206 g/mol. The Morgan fingerprint density at radius 1 is 1.36 bits per heavy atom. The Hall–Kier alpha value is -1.26. The Kier molecular flexibility index (Phi) is 4.97. The summed E-state index contributed by atoms with van der Waals surface area (Å²) in [7, 11) is 0. The Labute approximate surface area is 87.8 Å². The summed E-state index contributed by atoms with van der Waals surface area (Å²) in [5.74, 6) is -0.729. The molecule has 5 heteroatoms. The summed E-state index contributed by atoms with van der Waals surface area (Å²) in [6.45, 7) is 0. The molecule has 4 nitrogen and oxygen atoms in total. The van der Waals surface area contributed by atoms with Gasteiger partial charge in [-0.05, 0) is 17.7 Å². The summed E-state index contributed by atoms with van der Waals surface area (Å²) < 4.78 is 0. The average molecular weight is 218 g/mol. The van der Waals surface area contributed by atoms with Crippen LogP contribution in [0.4, 0.5) is 0 Å². The number of aromatic hydroxyl groups is 1. The molecule has 0 saturated heterocycles. The summed E-state index contributed by atoms with van der Waals surface area (Å²) in [5.41, 5.74) is 4.35. The first-order valence-electron chi connectivity index (χ1n) is 3.93. The van der Waals surface area contributed by atoms with Gasteiger partial charge in [0.05, 0.1) is 0 Å². The van der Waals surface area contributed by atoms with E-state index >= 15 is 0 Å². The van der Waals surface area contributed by atoms with Crippen LogP contribution < -0.4 is 18.1 Å². The number of hydrogen-bond donors (Lipinski definition) is 3. The van der Waals surface area contributed by atoms with E-state index in [0.717, 1.165) is 5.56 Å². The summed E-state index contributed by atoms with van der Waals surface area (Å²) >= 11 is 0. The lowest BCUT2D eigenvalue weighted by molar-refractivity contribution is -0.407. The minimum absolute atomic E-state index is 0. The van der Waals surface area contributed by atoms with Crippen molar-refractivity contribution in [3.63, 3.8) is 0 Å². The van der Waals surface area contributed by atoms with Crippen LogP contribution in [0.3, 0.4) is 0 Å². The van der Waals surface area contributed by atoms with Gasteiger partial charge in [0.15, 0.2) is 6.04 Å². The van der Waals surface area contributed by atoms with Gasteiger partial charge in [0.2, 0.25) is 0 Å². The fourth-order valence-electron chi connectivity index (χ4n) is 1.00. The monoisotopic (exact) mass is 217 g/mol. The second-order valence-corrected chi connectivity index (χ2v) is 2.91. The normalized spacial score (nSPS) is 11.5. The molecule has 0 aliphatic heterocycles. The van der Waals surface area contributed by atoms with Crippen molar-refractivity contribution in [2.24, 2.45) is 0 Å². The number of carboxylic acids is 1. The van der Waals surface area contributed by atoms with Gasteiger partial charge in [0.1, 0.15) is 5.75 Å². The molecule has 5 N–H and O–H groups in total. The lowest BCUT2D eigenvalue weighted by Crippen LogP contribution is -3.00. The van der Waals surface area contributed by atoms with E-state index in [1.165, 1.54) is 12.1 Å². The molecule has 0 fully saturated rings. The maximum atomic E-state index is 10.5. The second-order valence-electron chi connectivity index (χ2n) is 2.91. The number of benzene rings is 1. The van der Waals surface area contributed by atoms with Crippen LogP contribution in [0.25, 0.3) is 0 Å². The molecule has 0 saturated carbocycles. The highest BCUT2D eigenvalue weighted by Gasteiger charge is 2.15. The maximum Gasteiger partial charge on any atom is 0.362 e. The summed E-state index contributed by atoms with van der Waals surface area (Å²) in [6.07, 6.45) is 0.385. The summed E-state index contributed by atoms with van der Waals surface area (Å²) in [6, 6.07) is 5.81. The minimum Gasteiger partial charge on any atom is -1.00 e. The largest absolute Gasteiger partial charge is 1.00 e. The van der Waals surface area contributed by atoms with Gasteiger partial charge >= 0.3 is 5.97 Å². The number of aliphatic carboxylic acids is 1. The third-order valence-electron chi connectivity index (χ3n) is 1.77. The molecule has 0 amide bonds. The Morgan fingerprint density at radius 3 is 2.29 bits per heavy atom. The first-order chi connectivity index (χ1) is 6.09. The van der Waals surface area contributed by atoms with E-state index in [0.29, 0.717) is 6.42 Å². The standard InChI is InChI=1S/C9H11NO3.ClH/c10-8(9(12)13)5-6-1-3-7(11)4-2-6;/h1-4,8,11H,5,10H2,(H,12,13);1H. The molecule has 1 aromatic carbocycles. The number of quaternary nitrogens is 1. The molecule has 0 aliphatic rings. The van der Waals surface area contributed by atoms with Crippen molar-refractivity contribution in [2.75, 3.05) is 0 Å². The van der Waals surface area contributed by atoms with E-state index < -0.39 is 12.0 Å². The minimum atomic E-state index is -0.909. The van der Waals surface area contributed by atoms with E-state index in [-0.39, 0.29) is 18.2 Å². The molecule has 0 heterocycles. The molecule has 14 heavy (non-hydrogen) atoms. The van der Waals surface area contributed by atoms with Crippen molar-refractivity contribution in [3.05, 3.63) is 29.8 Å². The number of carboxylic acid groups (broad SMARTS) is 1. The number of rotatable bonds is 3. The fraction of sp³-hybridized carbons (Fsp3) is 0.222. The van der Waals surface area contributed by atoms with Crippen molar-refractivity contribution in [3.8, 4) is 5.75 Å². The number of halogens is 1. The first kappa shape index (κ1) is 12.7. The number of phenolic OH excluding ortho intramolecular Hbond substituents is 1. The van der Waals surface area contributed by atoms with E-state index in [1.807, 2.05) is 0 Å². The Morgan fingerprint density at radius 2 is 1.86 bits per heavy atom. The van der Waals surface area contributed by atoms with Crippen LogP contribution in [0.2, 0.25) is 0 Å². The fourth-order valence-corrected chi connectivity index (χ4v) is 1.00. The highest BCUT2D eigenvalue weighted by atomic mass is 35.5. The second kappa shape index (κ2) is 5.47. The number of carbonyl (C=O) groups is 1. The maximum absolute atomic E-state index is 10.5. The van der Waals surface area contributed by atoms with Crippen molar-refractivity contribution >= 4 is 5.97 Å². The summed E-state index contributed by atoms with van der Waals surface area (Å²) in [5, 5.41) is 17.6. The molecule has 1 aromatic rings. The van der Waals surface area contributed by atoms with Crippen molar-refractivity contribution in [1.29, 1.82) is 0 Å². The van der Waals surface area contributed by atoms with Gasteiger partial charge in [-0.2, -0.15) is 0 Å². The van der Waals surface area contributed by atoms with Gasteiger partial charge < -0.3 is 28.4 Å². The van der Waals surface area contributed by atoms with Crippen molar-refractivity contribution in [2.45, 2.75) is 12.5 Å². The highest BCUT2D eigenvalue weighted by Crippen LogP contribution is 2.10. The van der Waals surface area contributed by atoms with E-state index in [2.05, 4.69) is 5.73 Å². The summed E-state index contributed by atoms with van der Waals surface area (Å²) in [4.78, 5) is 10.5. The zero-order valence-corrected chi connectivity index (χ0v) is 8.24. The van der Waals surface area contributed by atoms with E-state index in [9.17, 15) is 4.79 Å². The van der Waals surface area contributed by atoms with Crippen LogP contribution in [0.1, 0.15) is 5.56 Å². The third-order valence-corrected chi connectivity index (χ3v) is 1.77. The van der Waals surface area contributed by atoms with Gasteiger partial charge in [-0.3, -0.25) is 0 Å². The molecule has 0 aliphatic carbocycles. The molecule has 0 bridgehead atoms. The Balaban J connectivity index is 0.00000169. The lowest BCUT2D eigenvalue weighted by Gasteiger charge is -2.02. The van der Waals surface area contributed by atoms with Crippen molar-refractivity contribution < 1.29 is 33.1 Å². The van der Waals surface area contributed by atoms with Crippen LogP contribution in [-0.4, -0.2) is 22.2 Å². The van der Waals surface area contributed by atoms with Crippen LogP contribution >= 0.6 is 0 Å². The van der Waals surface area contributed by atoms with Crippen molar-refractivity contribution in [1.82, 2.24) is 0 Å². The molecule has 0 aromatic heterocycles. The van der Waals surface area contributed by atoms with Gasteiger partial charge in [0, 0.05) is 6.42 Å². The molecule has 1 unspecified atom stereocenters. The third kappa shape index (κ3) is 3.64. The zero-order chi connectivity index (χ0) is 9.84. The average Bonchev–Trinajstić information content (AvgIpc) is 2.08. The molecule has 0 spiro atoms. The predicted molar refractivity (Wildman–Crippen MR) is 46.1 cm³/mol. The zero-order valence-electron chi connectivity index (χ0n) is 7.48. The van der Waals surface area contributed by atoms with Gasteiger partial charge in [-0.15, -0.1) is 0 Å². The number of phenols is 1. The SMILES string of the molecule is [Cl-].[NH3+]C(Cc1ccc(O)cc1)C(=O)O. The van der Waals surface area contributed by atoms with Gasteiger partial charge in [-0.25, -0.2) is 4.79 Å². The van der Waals surface area contributed by atoms with Gasteiger partial charge in [-0.1, -0.05) is 12.1 Å². The molecule has 1 atom stereocenters. The number of hydrogen-bond acceptors (Lipinski definition) is 2. The molecular formula is C9H12ClNO3. The molecule has 0 radical (unpaired) electrons. The molecule has 1 rings (SSSR count). The Bertz CT molecular complexity index is 299. The molecule has 78 valence electrons. The van der Waals surface area contributed by atoms with Gasteiger partial charge in [0.25, 0.3) is 0 Å². The smallest absolute Gasteiger partial charge is 0.362 e. The van der Waals surface area contributed by atoms with Crippen LogP contribution in [-0.2, 0) is 11.2 Å². The van der Waals surface area contributed by atoms with E-state index in [4.69, 9.17) is 10.2 Å². The van der Waals surface area contributed by atoms with Crippen LogP contribution in [0.15, 0.2) is 24.3 Å². The topological polar surface area (TPSA) is 85.2 Å². The highest BCUT2D eigenvalue weighted by molar-refractivity contribution is 5.71. The van der Waals surface area contributed by atoms with Crippen LogP contribution in [0.5, 0.6) is 5.75 Å². The quantitative estimate of drug-likeness (QED) is 0.494. The van der Waals surface area contributed by atoms with Crippen LogP contribution in [0, 0.1) is 0 Å². The first-order valence-corrected chi connectivity index (χ1v) is 3.93. The van der Waals surface area contributed by atoms with E-state index in [1.54, 1.807) is 12.1 Å². The lowest BCUT2D eigenvalue weighted by atomic mass is 10.1.